The lowest BCUT2D eigenvalue weighted by Gasteiger charge is -2.35. The number of nitrogens with one attached hydrogen (secondary N) is 2. The van der Waals surface area contributed by atoms with E-state index in [0.717, 1.165) is 24.0 Å². The van der Waals surface area contributed by atoms with Gasteiger partial charge in [-0.1, -0.05) is 42.5 Å². The Morgan fingerprint density at radius 1 is 1.00 bits per heavy atom. The third-order valence-corrected chi connectivity index (χ3v) is 6.28. The molecule has 0 spiro atoms. The third-order valence-electron chi connectivity index (χ3n) is 6.28. The second-order valence-electron chi connectivity index (χ2n) is 10.7. The molecule has 0 radical (unpaired) electrons. The van der Waals surface area contributed by atoms with E-state index in [1.165, 1.54) is 0 Å². The Morgan fingerprint density at radius 2 is 1.61 bits per heavy atom. The van der Waals surface area contributed by atoms with Crippen LogP contribution in [0, 0.1) is 13.8 Å². The van der Waals surface area contributed by atoms with Crippen LogP contribution in [0.2, 0.25) is 0 Å². The fourth-order valence-electron chi connectivity index (χ4n) is 4.27. The van der Waals surface area contributed by atoms with Crippen LogP contribution in [0.5, 0.6) is 0 Å². The van der Waals surface area contributed by atoms with Crippen LogP contribution in [-0.4, -0.2) is 46.4 Å². The standard InChI is InChI=1S/C29H38N4O5/c1-18-10-6-8-12-21(18)25(26(35)31-22-13-9-7-11-19(22)2)33(20-14-15-20)27(36)23(16-17-24(30)34)32-28(37)38-29(3,4)5/h6-13,20,23,25H,14-17H2,1-5H3,(H2,30,34)(H,31,35)(H,32,37). The lowest BCUT2D eigenvalue weighted by molar-refractivity contribution is -0.141. The highest BCUT2D eigenvalue weighted by molar-refractivity contribution is 6.00. The van der Waals surface area contributed by atoms with Gasteiger partial charge in [0.05, 0.1) is 0 Å². The molecular weight excluding hydrogens is 484 g/mol. The molecule has 2 aromatic carbocycles. The number of rotatable bonds is 10. The Bertz CT molecular complexity index is 1190. The van der Waals surface area contributed by atoms with E-state index in [-0.39, 0.29) is 24.8 Å². The van der Waals surface area contributed by atoms with Crippen molar-refractivity contribution in [3.63, 3.8) is 0 Å². The minimum atomic E-state index is -1.10. The van der Waals surface area contributed by atoms with Gasteiger partial charge in [0.15, 0.2) is 0 Å². The largest absolute Gasteiger partial charge is 0.444 e. The summed E-state index contributed by atoms with van der Waals surface area (Å²) in [7, 11) is 0. The maximum Gasteiger partial charge on any atom is 0.408 e. The Kier molecular flexibility index (Phi) is 9.14. The van der Waals surface area contributed by atoms with Gasteiger partial charge in [0.1, 0.15) is 17.7 Å². The molecule has 4 N–H and O–H groups in total. The molecule has 0 heterocycles. The zero-order valence-electron chi connectivity index (χ0n) is 22.7. The molecule has 2 atom stereocenters. The number of alkyl carbamates (subject to hydrolysis) is 1. The lowest BCUT2D eigenvalue weighted by Crippen LogP contribution is -2.53. The van der Waals surface area contributed by atoms with Crippen molar-refractivity contribution in [1.82, 2.24) is 10.2 Å². The first-order chi connectivity index (χ1) is 17.9. The minimum absolute atomic E-state index is 0.0173. The predicted octanol–water partition coefficient (Wildman–Crippen LogP) is 4.13. The van der Waals surface area contributed by atoms with Crippen molar-refractivity contribution in [2.75, 3.05) is 5.32 Å². The number of carbonyl (C=O) groups is 4. The Morgan fingerprint density at radius 3 is 2.16 bits per heavy atom. The number of ether oxygens (including phenoxy) is 1. The number of hydrogen-bond acceptors (Lipinski definition) is 5. The van der Waals surface area contributed by atoms with Crippen LogP contribution in [-0.2, 0) is 19.1 Å². The molecule has 1 saturated carbocycles. The van der Waals surface area contributed by atoms with E-state index in [9.17, 15) is 19.2 Å². The van der Waals surface area contributed by atoms with E-state index in [1.807, 2.05) is 62.4 Å². The summed E-state index contributed by atoms with van der Waals surface area (Å²) < 4.78 is 5.37. The molecule has 9 heteroatoms. The lowest BCUT2D eigenvalue weighted by atomic mass is 9.97. The molecule has 2 aromatic rings. The van der Waals surface area contributed by atoms with Crippen molar-refractivity contribution in [2.24, 2.45) is 5.73 Å². The number of para-hydroxylation sites is 1. The molecule has 204 valence electrons. The topological polar surface area (TPSA) is 131 Å². The normalized spacial score (nSPS) is 14.7. The van der Waals surface area contributed by atoms with Crippen LogP contribution in [0.4, 0.5) is 10.5 Å². The number of aryl methyl sites for hydroxylation is 2. The molecule has 1 aliphatic rings. The summed E-state index contributed by atoms with van der Waals surface area (Å²) in [6.45, 7) is 8.93. The van der Waals surface area contributed by atoms with Gasteiger partial charge in [-0.25, -0.2) is 4.79 Å². The quantitative estimate of drug-likeness (QED) is 0.432. The maximum atomic E-state index is 14.1. The fraction of sp³-hybridized carbons (Fsp3) is 0.448. The van der Waals surface area contributed by atoms with Gasteiger partial charge in [0, 0.05) is 18.2 Å². The van der Waals surface area contributed by atoms with Crippen molar-refractivity contribution in [3.8, 4) is 0 Å². The van der Waals surface area contributed by atoms with Gasteiger partial charge >= 0.3 is 6.09 Å². The Labute approximate surface area is 224 Å². The highest BCUT2D eigenvalue weighted by Crippen LogP contribution is 2.37. The Hall–Kier alpha value is -3.88. The second kappa shape index (κ2) is 12.1. The monoisotopic (exact) mass is 522 g/mol. The Balaban J connectivity index is 2.00. The first-order valence-corrected chi connectivity index (χ1v) is 12.9. The van der Waals surface area contributed by atoms with Gasteiger partial charge < -0.3 is 26.0 Å². The summed E-state index contributed by atoms with van der Waals surface area (Å²) in [5.41, 5.74) is 7.66. The van der Waals surface area contributed by atoms with Gasteiger partial charge in [-0.2, -0.15) is 0 Å². The molecule has 0 saturated heterocycles. The van der Waals surface area contributed by atoms with E-state index in [0.29, 0.717) is 11.3 Å². The van der Waals surface area contributed by atoms with E-state index in [2.05, 4.69) is 10.6 Å². The molecule has 1 aliphatic carbocycles. The SMILES string of the molecule is Cc1ccccc1NC(=O)C(c1ccccc1C)N(C(=O)C(CCC(N)=O)NC(=O)OC(C)(C)C)C1CC1. The van der Waals surface area contributed by atoms with Gasteiger partial charge in [0.2, 0.25) is 11.8 Å². The molecular formula is C29H38N4O5. The smallest absolute Gasteiger partial charge is 0.408 e. The zero-order valence-corrected chi connectivity index (χ0v) is 22.7. The zero-order chi connectivity index (χ0) is 28.0. The molecule has 1 fully saturated rings. The molecule has 0 aliphatic heterocycles. The highest BCUT2D eigenvalue weighted by atomic mass is 16.6. The van der Waals surface area contributed by atoms with Crippen LogP contribution < -0.4 is 16.4 Å². The second-order valence-corrected chi connectivity index (χ2v) is 10.7. The summed E-state index contributed by atoms with van der Waals surface area (Å²) in [6.07, 6.45) is 0.528. The van der Waals surface area contributed by atoms with Gasteiger partial charge in [-0.3, -0.25) is 14.4 Å². The summed E-state index contributed by atoms with van der Waals surface area (Å²) in [6, 6.07) is 12.6. The van der Waals surface area contributed by atoms with E-state index in [1.54, 1.807) is 25.7 Å². The molecule has 2 unspecified atom stereocenters. The first kappa shape index (κ1) is 28.7. The fourth-order valence-corrected chi connectivity index (χ4v) is 4.27. The van der Waals surface area contributed by atoms with Crippen molar-refractivity contribution in [2.45, 2.75) is 84.0 Å². The number of amides is 4. The number of carbonyl (C=O) groups excluding carboxylic acids is 4. The molecule has 3 rings (SSSR count). The highest BCUT2D eigenvalue weighted by Gasteiger charge is 2.44. The molecule has 38 heavy (non-hydrogen) atoms. The predicted molar refractivity (Wildman–Crippen MR) is 145 cm³/mol. The number of nitrogens with two attached hydrogens (primary N) is 1. The van der Waals surface area contributed by atoms with E-state index in [4.69, 9.17) is 10.5 Å². The van der Waals surface area contributed by atoms with Crippen molar-refractivity contribution in [3.05, 3.63) is 65.2 Å². The number of primary amides is 1. The molecule has 9 nitrogen and oxygen atoms in total. The summed E-state index contributed by atoms with van der Waals surface area (Å²) in [4.78, 5) is 53.8. The van der Waals surface area contributed by atoms with E-state index >= 15 is 0 Å². The van der Waals surface area contributed by atoms with Crippen LogP contribution in [0.1, 0.15) is 69.2 Å². The number of hydrogen-bond donors (Lipinski definition) is 3. The molecule has 4 amide bonds. The minimum Gasteiger partial charge on any atom is -0.444 e. The van der Waals surface area contributed by atoms with Crippen molar-refractivity contribution >= 4 is 29.5 Å². The van der Waals surface area contributed by atoms with Gasteiger partial charge in [-0.15, -0.1) is 0 Å². The first-order valence-electron chi connectivity index (χ1n) is 12.9. The number of nitrogens with zero attached hydrogens (tertiary/aromatic N) is 1. The summed E-state index contributed by atoms with van der Waals surface area (Å²) in [5.74, 6) is -1.42. The van der Waals surface area contributed by atoms with Crippen LogP contribution >= 0.6 is 0 Å². The maximum absolute atomic E-state index is 14.1. The molecule has 0 aromatic heterocycles. The van der Waals surface area contributed by atoms with Crippen LogP contribution in [0.3, 0.4) is 0 Å². The van der Waals surface area contributed by atoms with Crippen molar-refractivity contribution < 1.29 is 23.9 Å². The summed E-state index contributed by atoms with van der Waals surface area (Å²) >= 11 is 0. The van der Waals surface area contributed by atoms with Gasteiger partial charge in [-0.05, 0) is 76.6 Å². The number of benzene rings is 2. The van der Waals surface area contributed by atoms with Crippen molar-refractivity contribution in [1.29, 1.82) is 0 Å². The van der Waals surface area contributed by atoms with Crippen LogP contribution in [0.15, 0.2) is 48.5 Å². The average Bonchev–Trinajstić information content (AvgIpc) is 3.65. The van der Waals surface area contributed by atoms with Gasteiger partial charge in [0.25, 0.3) is 5.91 Å². The summed E-state index contributed by atoms with van der Waals surface area (Å²) in [5, 5.41) is 5.61. The average molecular weight is 523 g/mol. The van der Waals surface area contributed by atoms with E-state index < -0.39 is 35.6 Å². The third kappa shape index (κ3) is 7.81. The van der Waals surface area contributed by atoms with Crippen LogP contribution in [0.25, 0.3) is 0 Å². The number of anilines is 1. The molecule has 0 bridgehead atoms.